The molecule has 0 bridgehead atoms. The van der Waals surface area contributed by atoms with E-state index in [1.165, 1.54) is 0 Å². The monoisotopic (exact) mass is 404 g/mol. The molecule has 29 heavy (non-hydrogen) atoms. The topological polar surface area (TPSA) is 80.0 Å². The molecule has 0 fully saturated rings. The lowest BCUT2D eigenvalue weighted by Gasteiger charge is -2.09. The van der Waals surface area contributed by atoms with Crippen LogP contribution in [0.5, 0.6) is 0 Å². The molecular formula is C22H17ClN4O2. The normalized spacial score (nSPS) is 11.4. The highest BCUT2D eigenvalue weighted by Gasteiger charge is 2.17. The number of benzene rings is 2. The number of rotatable bonds is 5. The number of nitrogens with zero attached hydrogens (tertiary/aromatic N) is 2. The minimum absolute atomic E-state index is 0.312. The first kappa shape index (κ1) is 18.7. The molecule has 0 spiro atoms. The van der Waals surface area contributed by atoms with Crippen LogP contribution in [-0.4, -0.2) is 16.0 Å². The summed E-state index contributed by atoms with van der Waals surface area (Å²) in [5, 5.41) is 12.5. The SMILES string of the molecule is Cc1cc(C(=CNc2cccc3cnccc23)C(=O)Nc2ccc(Cl)cc2)on1. The summed E-state index contributed by atoms with van der Waals surface area (Å²) in [5.41, 5.74) is 2.46. The standard InChI is InChI=1S/C22H17ClN4O2/c1-14-11-21(29-27-14)19(22(28)26-17-7-5-16(23)6-8-17)13-25-20-4-2-3-15-12-24-10-9-18(15)20/h2-13,25H,1H3,(H,26,28). The first-order chi connectivity index (χ1) is 14.1. The van der Waals surface area contributed by atoms with Crippen molar-refractivity contribution in [2.75, 3.05) is 10.6 Å². The van der Waals surface area contributed by atoms with Gasteiger partial charge < -0.3 is 15.2 Å². The summed E-state index contributed by atoms with van der Waals surface area (Å²) in [4.78, 5) is 17.1. The average molecular weight is 405 g/mol. The number of pyridine rings is 1. The second kappa shape index (κ2) is 8.16. The first-order valence-corrected chi connectivity index (χ1v) is 9.28. The van der Waals surface area contributed by atoms with Crippen LogP contribution in [0, 0.1) is 6.92 Å². The summed E-state index contributed by atoms with van der Waals surface area (Å²) in [5.74, 6) is 0.0289. The molecule has 0 aliphatic rings. The van der Waals surface area contributed by atoms with E-state index >= 15 is 0 Å². The molecule has 2 N–H and O–H groups in total. The molecule has 0 aliphatic carbocycles. The van der Waals surface area contributed by atoms with Gasteiger partial charge in [0.1, 0.15) is 5.57 Å². The molecule has 0 atom stereocenters. The summed E-state index contributed by atoms with van der Waals surface area (Å²) in [6.45, 7) is 1.80. The van der Waals surface area contributed by atoms with Gasteiger partial charge in [-0.3, -0.25) is 9.78 Å². The van der Waals surface area contributed by atoms with Crippen LogP contribution >= 0.6 is 11.6 Å². The van der Waals surface area contributed by atoms with E-state index in [1.807, 2.05) is 24.3 Å². The van der Waals surface area contributed by atoms with Gasteiger partial charge >= 0.3 is 0 Å². The van der Waals surface area contributed by atoms with Crippen molar-refractivity contribution >= 4 is 45.2 Å². The van der Waals surface area contributed by atoms with Crippen LogP contribution in [-0.2, 0) is 4.79 Å². The average Bonchev–Trinajstić information content (AvgIpc) is 3.16. The lowest BCUT2D eigenvalue weighted by Crippen LogP contribution is -2.14. The minimum atomic E-state index is -0.335. The third-order valence-electron chi connectivity index (χ3n) is 4.29. The maximum absolute atomic E-state index is 12.9. The Morgan fingerprint density at radius 2 is 1.97 bits per heavy atom. The van der Waals surface area contributed by atoms with Crippen LogP contribution in [0.25, 0.3) is 16.3 Å². The highest BCUT2D eigenvalue weighted by Crippen LogP contribution is 2.24. The van der Waals surface area contributed by atoms with Crippen molar-refractivity contribution in [3.8, 4) is 0 Å². The number of aryl methyl sites for hydroxylation is 1. The fraction of sp³-hybridized carbons (Fsp3) is 0.0455. The number of anilines is 2. The smallest absolute Gasteiger partial charge is 0.261 e. The van der Waals surface area contributed by atoms with Gasteiger partial charge in [0.05, 0.1) is 5.69 Å². The number of hydrogen-bond donors (Lipinski definition) is 2. The van der Waals surface area contributed by atoms with Crippen molar-refractivity contribution < 1.29 is 9.32 Å². The van der Waals surface area contributed by atoms with E-state index in [0.717, 1.165) is 16.5 Å². The zero-order valence-corrected chi connectivity index (χ0v) is 16.3. The summed E-state index contributed by atoms with van der Waals surface area (Å²) in [7, 11) is 0. The maximum Gasteiger partial charge on any atom is 0.261 e. The van der Waals surface area contributed by atoms with Gasteiger partial charge in [-0.15, -0.1) is 0 Å². The predicted octanol–water partition coefficient (Wildman–Crippen LogP) is 5.28. The van der Waals surface area contributed by atoms with E-state index in [4.69, 9.17) is 16.1 Å². The van der Waals surface area contributed by atoms with Gasteiger partial charge in [-0.1, -0.05) is 28.9 Å². The van der Waals surface area contributed by atoms with E-state index in [-0.39, 0.29) is 5.91 Å². The highest BCUT2D eigenvalue weighted by molar-refractivity contribution is 6.30. The van der Waals surface area contributed by atoms with E-state index < -0.39 is 0 Å². The number of carbonyl (C=O) groups is 1. The predicted molar refractivity (Wildman–Crippen MR) is 115 cm³/mol. The lowest BCUT2D eigenvalue weighted by molar-refractivity contribution is -0.111. The Labute approximate surface area is 172 Å². The zero-order valence-electron chi connectivity index (χ0n) is 15.5. The van der Waals surface area contributed by atoms with Crippen LogP contribution in [0.4, 0.5) is 11.4 Å². The van der Waals surface area contributed by atoms with Crippen molar-refractivity contribution in [1.82, 2.24) is 10.1 Å². The maximum atomic E-state index is 12.9. The number of carbonyl (C=O) groups excluding carboxylic acids is 1. The Bertz CT molecular complexity index is 1190. The fourth-order valence-electron chi connectivity index (χ4n) is 2.87. The number of aromatic nitrogens is 2. The Morgan fingerprint density at radius 3 is 2.72 bits per heavy atom. The van der Waals surface area contributed by atoms with Crippen LogP contribution in [0.3, 0.4) is 0 Å². The second-order valence-corrected chi connectivity index (χ2v) is 6.83. The molecule has 2 aromatic carbocycles. The molecule has 4 rings (SSSR count). The van der Waals surface area contributed by atoms with Crippen LogP contribution in [0.2, 0.25) is 5.02 Å². The molecule has 7 heteroatoms. The molecule has 2 heterocycles. The molecule has 4 aromatic rings. The van der Waals surface area contributed by atoms with Gasteiger partial charge in [-0.2, -0.15) is 0 Å². The molecule has 0 radical (unpaired) electrons. The van der Waals surface area contributed by atoms with Gasteiger partial charge in [0.25, 0.3) is 5.91 Å². The summed E-state index contributed by atoms with van der Waals surface area (Å²) in [6.07, 6.45) is 5.13. The summed E-state index contributed by atoms with van der Waals surface area (Å²) in [6, 6.07) is 16.3. The van der Waals surface area contributed by atoms with Crippen molar-refractivity contribution in [3.05, 3.63) is 89.7 Å². The van der Waals surface area contributed by atoms with Crippen molar-refractivity contribution in [2.45, 2.75) is 6.92 Å². The van der Waals surface area contributed by atoms with Crippen molar-refractivity contribution in [3.63, 3.8) is 0 Å². The summed E-state index contributed by atoms with van der Waals surface area (Å²) >= 11 is 5.91. The zero-order chi connectivity index (χ0) is 20.2. The third kappa shape index (κ3) is 4.28. The van der Waals surface area contributed by atoms with E-state index in [1.54, 1.807) is 55.8 Å². The largest absolute Gasteiger partial charge is 0.360 e. The van der Waals surface area contributed by atoms with E-state index in [2.05, 4.69) is 20.8 Å². The third-order valence-corrected chi connectivity index (χ3v) is 4.54. The molecule has 0 saturated heterocycles. The van der Waals surface area contributed by atoms with Crippen molar-refractivity contribution in [2.24, 2.45) is 0 Å². The molecular weight excluding hydrogens is 388 g/mol. The fourth-order valence-corrected chi connectivity index (χ4v) is 3.00. The molecule has 2 aromatic heterocycles. The number of nitrogens with one attached hydrogen (secondary N) is 2. The molecule has 144 valence electrons. The Hall–Kier alpha value is -3.64. The second-order valence-electron chi connectivity index (χ2n) is 6.40. The summed E-state index contributed by atoms with van der Waals surface area (Å²) < 4.78 is 5.33. The Balaban J connectivity index is 1.66. The minimum Gasteiger partial charge on any atom is -0.360 e. The van der Waals surface area contributed by atoms with Crippen LogP contribution < -0.4 is 10.6 Å². The quantitative estimate of drug-likeness (QED) is 0.442. The van der Waals surface area contributed by atoms with E-state index in [0.29, 0.717) is 27.7 Å². The van der Waals surface area contributed by atoms with E-state index in [9.17, 15) is 4.79 Å². The Morgan fingerprint density at radius 1 is 1.14 bits per heavy atom. The number of amides is 1. The molecule has 0 unspecified atom stereocenters. The molecule has 0 aliphatic heterocycles. The number of halogens is 1. The Kier molecular flexibility index (Phi) is 5.27. The van der Waals surface area contributed by atoms with Gasteiger partial charge in [-0.25, -0.2) is 0 Å². The van der Waals surface area contributed by atoms with Gasteiger partial charge in [0, 0.05) is 51.8 Å². The molecule has 6 nitrogen and oxygen atoms in total. The van der Waals surface area contributed by atoms with Gasteiger partial charge in [-0.05, 0) is 43.3 Å². The van der Waals surface area contributed by atoms with Crippen LogP contribution in [0.1, 0.15) is 11.5 Å². The molecule has 1 amide bonds. The lowest BCUT2D eigenvalue weighted by atomic mass is 10.1. The van der Waals surface area contributed by atoms with Crippen molar-refractivity contribution in [1.29, 1.82) is 0 Å². The number of hydrogen-bond acceptors (Lipinski definition) is 5. The molecule has 0 saturated carbocycles. The number of fused-ring (bicyclic) bond motifs is 1. The van der Waals surface area contributed by atoms with Crippen LogP contribution in [0.15, 0.2) is 77.7 Å². The van der Waals surface area contributed by atoms with Gasteiger partial charge in [0.15, 0.2) is 5.76 Å². The van der Waals surface area contributed by atoms with Gasteiger partial charge in [0.2, 0.25) is 0 Å². The highest BCUT2D eigenvalue weighted by atomic mass is 35.5. The first-order valence-electron chi connectivity index (χ1n) is 8.90.